The van der Waals surface area contributed by atoms with Crippen LogP contribution in [0.3, 0.4) is 0 Å². The molecule has 0 saturated heterocycles. The van der Waals surface area contributed by atoms with Gasteiger partial charge in [-0.2, -0.15) is 5.06 Å². The molecule has 0 spiro atoms. The van der Waals surface area contributed by atoms with Crippen molar-refractivity contribution in [1.29, 1.82) is 0 Å². The quantitative estimate of drug-likeness (QED) is 0.849. The summed E-state index contributed by atoms with van der Waals surface area (Å²) in [5.41, 5.74) is 3.93. The first-order chi connectivity index (χ1) is 10.3. The second kappa shape index (κ2) is 6.70. The Morgan fingerprint density at radius 2 is 1.81 bits per heavy atom. The summed E-state index contributed by atoms with van der Waals surface area (Å²) in [6.07, 6.45) is 7.26. The third kappa shape index (κ3) is 3.41. The van der Waals surface area contributed by atoms with Crippen LogP contribution in [0.25, 0.3) is 0 Å². The Balaban J connectivity index is 1.65. The second-order valence-corrected chi connectivity index (χ2v) is 5.51. The van der Waals surface area contributed by atoms with E-state index >= 15 is 0 Å². The standard InChI is InChI=1S/C19H21NO/c21-20-15-14-17-11-5-6-12-18(17)19(20)13-7-4-10-16-8-2-1-3-9-16/h1-3,5-9,11-13,19,21H,4,10,14-15H2/b13-7+/t19-/m0/s1. The predicted molar refractivity (Wildman–Crippen MR) is 85.3 cm³/mol. The number of hydrogen-bond acceptors (Lipinski definition) is 2. The average Bonchev–Trinajstić information content (AvgIpc) is 2.54. The number of allylic oxidation sites excluding steroid dienone is 1. The van der Waals surface area contributed by atoms with E-state index < -0.39 is 0 Å². The van der Waals surface area contributed by atoms with Crippen molar-refractivity contribution in [1.82, 2.24) is 5.06 Å². The maximum Gasteiger partial charge on any atom is 0.0783 e. The van der Waals surface area contributed by atoms with Gasteiger partial charge in [-0.1, -0.05) is 66.7 Å². The van der Waals surface area contributed by atoms with E-state index in [0.717, 1.165) is 19.3 Å². The molecule has 1 aliphatic rings. The molecule has 0 radical (unpaired) electrons. The van der Waals surface area contributed by atoms with Crippen molar-refractivity contribution < 1.29 is 5.21 Å². The zero-order valence-corrected chi connectivity index (χ0v) is 12.2. The van der Waals surface area contributed by atoms with Crippen molar-refractivity contribution in [2.24, 2.45) is 0 Å². The number of aryl methyl sites for hydroxylation is 1. The van der Waals surface area contributed by atoms with E-state index in [1.165, 1.54) is 21.8 Å². The first kappa shape index (κ1) is 14.1. The third-order valence-electron chi connectivity index (χ3n) is 4.07. The highest BCUT2D eigenvalue weighted by Gasteiger charge is 2.23. The Bertz CT molecular complexity index is 606. The topological polar surface area (TPSA) is 23.5 Å². The lowest BCUT2D eigenvalue weighted by Crippen LogP contribution is -2.31. The van der Waals surface area contributed by atoms with E-state index in [1.807, 2.05) is 12.1 Å². The fourth-order valence-electron chi connectivity index (χ4n) is 2.91. The summed E-state index contributed by atoms with van der Waals surface area (Å²) in [5, 5.41) is 11.6. The summed E-state index contributed by atoms with van der Waals surface area (Å²) < 4.78 is 0. The van der Waals surface area contributed by atoms with Crippen molar-refractivity contribution in [3.63, 3.8) is 0 Å². The highest BCUT2D eigenvalue weighted by molar-refractivity contribution is 5.34. The number of benzene rings is 2. The van der Waals surface area contributed by atoms with Crippen LogP contribution in [-0.2, 0) is 12.8 Å². The van der Waals surface area contributed by atoms with E-state index in [2.05, 4.69) is 54.6 Å². The summed E-state index contributed by atoms with van der Waals surface area (Å²) >= 11 is 0. The predicted octanol–water partition coefficient (Wildman–Crippen LogP) is 4.16. The molecule has 1 atom stereocenters. The molecule has 0 fully saturated rings. The maximum atomic E-state index is 10.1. The first-order valence-corrected chi connectivity index (χ1v) is 7.58. The minimum absolute atomic E-state index is 0.00859. The number of fused-ring (bicyclic) bond motifs is 1. The fourth-order valence-corrected chi connectivity index (χ4v) is 2.91. The lowest BCUT2D eigenvalue weighted by atomic mass is 9.93. The molecule has 21 heavy (non-hydrogen) atoms. The van der Waals surface area contributed by atoms with Gasteiger partial charge in [-0.05, 0) is 36.0 Å². The van der Waals surface area contributed by atoms with Gasteiger partial charge in [0, 0.05) is 6.54 Å². The average molecular weight is 279 g/mol. The van der Waals surface area contributed by atoms with Crippen LogP contribution >= 0.6 is 0 Å². The van der Waals surface area contributed by atoms with Gasteiger partial charge in [0.2, 0.25) is 0 Å². The molecule has 1 aliphatic heterocycles. The molecule has 0 amide bonds. The largest absolute Gasteiger partial charge is 0.313 e. The Morgan fingerprint density at radius 3 is 2.67 bits per heavy atom. The van der Waals surface area contributed by atoms with E-state index in [4.69, 9.17) is 0 Å². The fraction of sp³-hybridized carbons (Fsp3) is 0.263. The monoisotopic (exact) mass is 279 g/mol. The Hall–Kier alpha value is -1.90. The molecule has 108 valence electrons. The number of hydrogen-bond donors (Lipinski definition) is 1. The summed E-state index contributed by atoms with van der Waals surface area (Å²) in [5.74, 6) is 0. The highest BCUT2D eigenvalue weighted by atomic mass is 16.5. The Morgan fingerprint density at radius 1 is 1.05 bits per heavy atom. The van der Waals surface area contributed by atoms with Gasteiger partial charge in [0.25, 0.3) is 0 Å². The molecule has 2 aromatic rings. The Kier molecular flexibility index (Phi) is 4.49. The molecule has 0 aliphatic carbocycles. The molecule has 0 unspecified atom stereocenters. The van der Waals surface area contributed by atoms with Crippen molar-refractivity contribution in [2.75, 3.05) is 6.54 Å². The SMILES string of the molecule is ON1CCc2ccccc2[C@@H]1/C=C/CCc1ccccc1. The molecule has 0 saturated carbocycles. The molecule has 0 bridgehead atoms. The van der Waals surface area contributed by atoms with E-state index in [9.17, 15) is 5.21 Å². The molecule has 3 rings (SSSR count). The molecule has 2 heteroatoms. The van der Waals surface area contributed by atoms with E-state index in [-0.39, 0.29) is 6.04 Å². The third-order valence-corrected chi connectivity index (χ3v) is 4.07. The molecule has 0 aromatic heterocycles. The van der Waals surface area contributed by atoms with Crippen LogP contribution in [0, 0.1) is 0 Å². The molecular weight excluding hydrogens is 258 g/mol. The normalized spacial score (nSPS) is 18.8. The van der Waals surface area contributed by atoms with Crippen LogP contribution in [0.4, 0.5) is 0 Å². The van der Waals surface area contributed by atoms with Crippen molar-refractivity contribution in [2.45, 2.75) is 25.3 Å². The van der Waals surface area contributed by atoms with Gasteiger partial charge in [-0.3, -0.25) is 0 Å². The van der Waals surface area contributed by atoms with Gasteiger partial charge >= 0.3 is 0 Å². The van der Waals surface area contributed by atoms with Gasteiger partial charge in [0.1, 0.15) is 0 Å². The minimum atomic E-state index is -0.00859. The lowest BCUT2D eigenvalue weighted by molar-refractivity contribution is -0.119. The molecular formula is C19H21NO. The van der Waals surface area contributed by atoms with Gasteiger partial charge < -0.3 is 5.21 Å². The van der Waals surface area contributed by atoms with E-state index in [0.29, 0.717) is 6.54 Å². The maximum absolute atomic E-state index is 10.1. The van der Waals surface area contributed by atoms with Gasteiger partial charge in [-0.15, -0.1) is 0 Å². The van der Waals surface area contributed by atoms with E-state index in [1.54, 1.807) is 0 Å². The van der Waals surface area contributed by atoms with Gasteiger partial charge in [0.05, 0.1) is 6.04 Å². The number of hydroxylamine groups is 2. The van der Waals surface area contributed by atoms with Crippen molar-refractivity contribution >= 4 is 0 Å². The Labute approximate surface area is 126 Å². The minimum Gasteiger partial charge on any atom is -0.313 e. The first-order valence-electron chi connectivity index (χ1n) is 7.58. The van der Waals surface area contributed by atoms with Crippen LogP contribution in [0.2, 0.25) is 0 Å². The van der Waals surface area contributed by atoms with Crippen molar-refractivity contribution in [3.8, 4) is 0 Å². The second-order valence-electron chi connectivity index (χ2n) is 5.51. The summed E-state index contributed by atoms with van der Waals surface area (Å²) in [6.45, 7) is 0.699. The van der Waals surface area contributed by atoms with Crippen LogP contribution in [0.5, 0.6) is 0 Å². The summed E-state index contributed by atoms with van der Waals surface area (Å²) in [6, 6.07) is 18.9. The van der Waals surface area contributed by atoms with Crippen LogP contribution in [-0.4, -0.2) is 16.8 Å². The highest BCUT2D eigenvalue weighted by Crippen LogP contribution is 2.29. The molecule has 1 N–H and O–H groups in total. The summed E-state index contributed by atoms with van der Waals surface area (Å²) in [7, 11) is 0. The summed E-state index contributed by atoms with van der Waals surface area (Å²) in [4.78, 5) is 0. The molecule has 2 aromatic carbocycles. The molecule has 1 heterocycles. The van der Waals surface area contributed by atoms with Gasteiger partial charge in [0.15, 0.2) is 0 Å². The smallest absolute Gasteiger partial charge is 0.0783 e. The number of rotatable bonds is 4. The molecule has 2 nitrogen and oxygen atoms in total. The number of nitrogens with zero attached hydrogens (tertiary/aromatic N) is 1. The zero-order valence-electron chi connectivity index (χ0n) is 12.2. The zero-order chi connectivity index (χ0) is 14.5. The van der Waals surface area contributed by atoms with Crippen LogP contribution in [0.1, 0.15) is 29.2 Å². The van der Waals surface area contributed by atoms with Crippen LogP contribution < -0.4 is 0 Å². The van der Waals surface area contributed by atoms with Crippen molar-refractivity contribution in [3.05, 3.63) is 83.4 Å². The van der Waals surface area contributed by atoms with Crippen LogP contribution in [0.15, 0.2) is 66.7 Å². The lowest BCUT2D eigenvalue weighted by Gasteiger charge is -2.30. The van der Waals surface area contributed by atoms with Gasteiger partial charge in [-0.25, -0.2) is 0 Å².